The average Bonchev–Trinajstić information content (AvgIpc) is 2.36. The van der Waals surface area contributed by atoms with Gasteiger partial charge in [-0.05, 0) is 20.8 Å². The number of sulfonamides is 1. The Morgan fingerprint density at radius 1 is 1.50 bits per heavy atom. The fraction of sp³-hybridized carbons (Fsp3) is 0.917. The van der Waals surface area contributed by atoms with Gasteiger partial charge in [-0.25, -0.2) is 13.1 Å². The van der Waals surface area contributed by atoms with Gasteiger partial charge in [0.2, 0.25) is 15.9 Å². The van der Waals surface area contributed by atoms with Gasteiger partial charge in [-0.3, -0.25) is 4.79 Å². The Labute approximate surface area is 121 Å². The molecule has 0 aliphatic carbocycles. The number of piperazine rings is 1. The Kier molecular flexibility index (Phi) is 6.87. The van der Waals surface area contributed by atoms with E-state index in [-0.39, 0.29) is 37.0 Å². The molecule has 1 heterocycles. The summed E-state index contributed by atoms with van der Waals surface area (Å²) in [6.07, 6.45) is -0.00599. The molecule has 0 unspecified atom stereocenters. The zero-order chi connectivity index (χ0) is 15.2. The number of carbonyl (C=O) groups is 1. The predicted octanol–water partition coefficient (Wildman–Crippen LogP) is -0.849. The maximum Gasteiger partial charge on any atom is 0.237 e. The Bertz CT molecular complexity index is 411. The molecule has 1 atom stereocenters. The largest absolute Gasteiger partial charge is 0.378 e. The molecule has 0 bridgehead atoms. The molecule has 0 aromatic carbocycles. The normalized spacial score (nSPS) is 20.4. The lowest BCUT2D eigenvalue weighted by atomic mass is 10.2. The van der Waals surface area contributed by atoms with Crippen molar-refractivity contribution in [3.05, 3.63) is 0 Å². The van der Waals surface area contributed by atoms with Crippen LogP contribution in [0.3, 0.4) is 0 Å². The highest BCUT2D eigenvalue weighted by Gasteiger charge is 2.23. The molecule has 0 saturated carbocycles. The van der Waals surface area contributed by atoms with Crippen molar-refractivity contribution in [2.75, 3.05) is 38.5 Å². The second kappa shape index (κ2) is 7.92. The molecule has 0 aromatic rings. The first kappa shape index (κ1) is 17.4. The summed E-state index contributed by atoms with van der Waals surface area (Å²) in [5.41, 5.74) is 0. The number of amides is 1. The first-order valence-corrected chi connectivity index (χ1v) is 8.56. The molecule has 0 spiro atoms. The molecular formula is C12H25N3O4S. The van der Waals surface area contributed by atoms with Crippen LogP contribution >= 0.6 is 0 Å². The first-order valence-electron chi connectivity index (χ1n) is 6.91. The van der Waals surface area contributed by atoms with Crippen molar-refractivity contribution in [1.82, 2.24) is 14.9 Å². The number of nitrogens with zero attached hydrogens (tertiary/aromatic N) is 1. The molecule has 1 aliphatic rings. The van der Waals surface area contributed by atoms with Crippen molar-refractivity contribution in [3.8, 4) is 0 Å². The average molecular weight is 307 g/mol. The van der Waals surface area contributed by atoms with Crippen molar-refractivity contribution >= 4 is 15.9 Å². The van der Waals surface area contributed by atoms with Crippen LogP contribution in [0.25, 0.3) is 0 Å². The van der Waals surface area contributed by atoms with Gasteiger partial charge in [-0.2, -0.15) is 0 Å². The maximum atomic E-state index is 12.0. The highest BCUT2D eigenvalue weighted by Crippen LogP contribution is 2.02. The van der Waals surface area contributed by atoms with Crippen LogP contribution in [0.5, 0.6) is 0 Å². The molecule has 1 saturated heterocycles. The zero-order valence-corrected chi connectivity index (χ0v) is 13.2. The van der Waals surface area contributed by atoms with Crippen molar-refractivity contribution in [3.63, 3.8) is 0 Å². The van der Waals surface area contributed by atoms with E-state index in [9.17, 15) is 13.2 Å². The van der Waals surface area contributed by atoms with Gasteiger partial charge in [0.1, 0.15) is 0 Å². The van der Waals surface area contributed by atoms with E-state index >= 15 is 0 Å². The second-order valence-corrected chi connectivity index (χ2v) is 7.13. The highest BCUT2D eigenvalue weighted by molar-refractivity contribution is 7.89. The zero-order valence-electron chi connectivity index (χ0n) is 12.4. The van der Waals surface area contributed by atoms with E-state index in [1.54, 1.807) is 4.90 Å². The lowest BCUT2D eigenvalue weighted by Crippen LogP contribution is -2.54. The van der Waals surface area contributed by atoms with Gasteiger partial charge in [0, 0.05) is 25.7 Å². The van der Waals surface area contributed by atoms with Crippen LogP contribution in [-0.2, 0) is 19.6 Å². The standard InChI is InChI=1S/C12H25N3O4S/c1-10(2)19-6-7-20(17,18)14-9-12(16)15-5-4-13-8-11(15)3/h10-11,13-14H,4-9H2,1-3H3/t11-/m1/s1. The summed E-state index contributed by atoms with van der Waals surface area (Å²) in [7, 11) is -3.47. The van der Waals surface area contributed by atoms with Crippen molar-refractivity contribution in [2.24, 2.45) is 0 Å². The summed E-state index contributed by atoms with van der Waals surface area (Å²) in [5, 5.41) is 3.18. The molecular weight excluding hydrogens is 282 g/mol. The smallest absolute Gasteiger partial charge is 0.237 e. The third kappa shape index (κ3) is 6.17. The van der Waals surface area contributed by atoms with Crippen LogP contribution < -0.4 is 10.0 Å². The van der Waals surface area contributed by atoms with Crippen molar-refractivity contribution in [1.29, 1.82) is 0 Å². The lowest BCUT2D eigenvalue weighted by Gasteiger charge is -2.34. The Morgan fingerprint density at radius 3 is 2.80 bits per heavy atom. The quantitative estimate of drug-likeness (QED) is 0.640. The molecule has 1 rings (SSSR count). The maximum absolute atomic E-state index is 12.0. The minimum Gasteiger partial charge on any atom is -0.378 e. The summed E-state index contributed by atoms with van der Waals surface area (Å²) >= 11 is 0. The van der Waals surface area contributed by atoms with Crippen molar-refractivity contribution < 1.29 is 17.9 Å². The molecule has 1 amide bonds. The SMILES string of the molecule is CC(C)OCCS(=O)(=O)NCC(=O)N1CCNC[C@H]1C. The monoisotopic (exact) mass is 307 g/mol. The highest BCUT2D eigenvalue weighted by atomic mass is 32.2. The first-order chi connectivity index (χ1) is 9.32. The summed E-state index contributed by atoms with van der Waals surface area (Å²) in [6.45, 7) is 7.66. The third-order valence-corrected chi connectivity index (χ3v) is 4.36. The third-order valence-electron chi connectivity index (χ3n) is 3.07. The summed E-state index contributed by atoms with van der Waals surface area (Å²) in [6, 6.07) is 0.0880. The van der Waals surface area contributed by atoms with Crippen LogP contribution in [0.2, 0.25) is 0 Å². The fourth-order valence-corrected chi connectivity index (χ4v) is 2.75. The van der Waals surface area contributed by atoms with E-state index in [0.717, 1.165) is 13.1 Å². The van der Waals surface area contributed by atoms with Crippen LogP contribution in [-0.4, -0.2) is 69.9 Å². The van der Waals surface area contributed by atoms with E-state index in [1.165, 1.54) is 0 Å². The van der Waals surface area contributed by atoms with Gasteiger partial charge in [-0.15, -0.1) is 0 Å². The Hall–Kier alpha value is -0.700. The van der Waals surface area contributed by atoms with Crippen LogP contribution in [0, 0.1) is 0 Å². The molecule has 8 heteroatoms. The fourth-order valence-electron chi connectivity index (χ4n) is 1.95. The van der Waals surface area contributed by atoms with Crippen LogP contribution in [0.1, 0.15) is 20.8 Å². The molecule has 2 N–H and O–H groups in total. The minimum atomic E-state index is -3.47. The van der Waals surface area contributed by atoms with Gasteiger partial charge in [-0.1, -0.05) is 0 Å². The number of carbonyl (C=O) groups excluding carboxylic acids is 1. The number of hydrogen-bond donors (Lipinski definition) is 2. The molecule has 7 nitrogen and oxygen atoms in total. The molecule has 20 heavy (non-hydrogen) atoms. The Morgan fingerprint density at radius 2 is 2.20 bits per heavy atom. The van der Waals surface area contributed by atoms with Crippen LogP contribution in [0.4, 0.5) is 0 Å². The summed E-state index contributed by atoms with van der Waals surface area (Å²) in [4.78, 5) is 13.7. The molecule has 118 valence electrons. The predicted molar refractivity (Wildman–Crippen MR) is 76.9 cm³/mol. The van der Waals surface area contributed by atoms with Crippen LogP contribution in [0.15, 0.2) is 0 Å². The molecule has 0 radical (unpaired) electrons. The van der Waals surface area contributed by atoms with Gasteiger partial charge >= 0.3 is 0 Å². The molecule has 1 aliphatic heterocycles. The van der Waals surface area contributed by atoms with Gasteiger partial charge in [0.25, 0.3) is 0 Å². The number of ether oxygens (including phenoxy) is 1. The van der Waals surface area contributed by atoms with E-state index in [1.807, 2.05) is 20.8 Å². The summed E-state index contributed by atoms with van der Waals surface area (Å²) < 4.78 is 30.9. The molecule has 0 aromatic heterocycles. The van der Waals surface area contributed by atoms with Gasteiger partial charge in [0.15, 0.2) is 0 Å². The van der Waals surface area contributed by atoms with E-state index < -0.39 is 10.0 Å². The lowest BCUT2D eigenvalue weighted by molar-refractivity contribution is -0.132. The minimum absolute atomic E-state index is 0.00599. The van der Waals surface area contributed by atoms with Gasteiger partial charge in [0.05, 0.1) is 25.0 Å². The number of nitrogens with one attached hydrogen (secondary N) is 2. The molecule has 1 fully saturated rings. The Balaban J connectivity index is 2.35. The van der Waals surface area contributed by atoms with E-state index in [2.05, 4.69) is 10.0 Å². The van der Waals surface area contributed by atoms with Gasteiger partial charge < -0.3 is 15.0 Å². The number of rotatable bonds is 7. The second-order valence-electron chi connectivity index (χ2n) is 5.20. The summed E-state index contributed by atoms with van der Waals surface area (Å²) in [5.74, 6) is -0.317. The van der Waals surface area contributed by atoms with E-state index in [0.29, 0.717) is 6.54 Å². The topological polar surface area (TPSA) is 87.7 Å². The number of hydrogen-bond acceptors (Lipinski definition) is 5. The van der Waals surface area contributed by atoms with Crippen molar-refractivity contribution in [2.45, 2.75) is 32.9 Å². The van der Waals surface area contributed by atoms with E-state index in [4.69, 9.17) is 4.74 Å².